The smallest absolute Gasteiger partial charge is 0.227 e. The minimum Gasteiger partial charge on any atom is -0.315 e. The zero-order valence-corrected chi connectivity index (χ0v) is 17.2. The van der Waals surface area contributed by atoms with Gasteiger partial charge in [0.25, 0.3) is 0 Å². The van der Waals surface area contributed by atoms with Crippen molar-refractivity contribution >= 4 is 11.6 Å². The van der Waals surface area contributed by atoms with Gasteiger partial charge in [-0.05, 0) is 56.8 Å². The quantitative estimate of drug-likeness (QED) is 0.800. The van der Waals surface area contributed by atoms with E-state index in [-0.39, 0.29) is 5.91 Å². The van der Waals surface area contributed by atoms with Gasteiger partial charge in [0.05, 0.1) is 0 Å². The number of piperidine rings is 1. The number of hydrogen-bond acceptors (Lipinski definition) is 4. The summed E-state index contributed by atoms with van der Waals surface area (Å²) in [5, 5.41) is 9.08. The normalized spacial score (nSPS) is 23.9. The van der Waals surface area contributed by atoms with Gasteiger partial charge in [0.1, 0.15) is 11.6 Å². The molecular formula is C23H31N5O. The Morgan fingerprint density at radius 1 is 0.966 bits per heavy atom. The van der Waals surface area contributed by atoms with Crippen LogP contribution in [0.1, 0.15) is 56.1 Å². The van der Waals surface area contributed by atoms with E-state index in [1.165, 1.54) is 30.9 Å². The molecule has 2 aromatic rings. The highest BCUT2D eigenvalue weighted by molar-refractivity contribution is 5.95. The number of rotatable bonds is 4. The molecule has 1 aromatic carbocycles. The number of aromatic nitrogens is 3. The second kappa shape index (κ2) is 8.27. The maximum Gasteiger partial charge on any atom is 0.227 e. The summed E-state index contributed by atoms with van der Waals surface area (Å²) in [6, 6.07) is 10.1. The van der Waals surface area contributed by atoms with E-state index in [0.717, 1.165) is 57.7 Å². The van der Waals surface area contributed by atoms with Crippen LogP contribution in [0.15, 0.2) is 30.3 Å². The summed E-state index contributed by atoms with van der Waals surface area (Å²) in [6.07, 6.45) is 7.87. The molecule has 3 aliphatic rings. The maximum atomic E-state index is 12.5. The fraction of sp³-hybridized carbons (Fsp3) is 0.609. The number of anilines is 1. The fourth-order valence-corrected chi connectivity index (χ4v) is 5.31. The summed E-state index contributed by atoms with van der Waals surface area (Å²) < 4.78 is 2.42. The van der Waals surface area contributed by atoms with Crippen LogP contribution in [0.25, 0.3) is 0 Å². The van der Waals surface area contributed by atoms with Crippen molar-refractivity contribution in [1.82, 2.24) is 19.7 Å². The van der Waals surface area contributed by atoms with E-state index in [1.807, 2.05) is 35.2 Å². The van der Waals surface area contributed by atoms with Crippen molar-refractivity contribution in [2.45, 2.75) is 57.4 Å². The number of nitrogens with zero attached hydrogens (tertiary/aromatic N) is 5. The molecule has 1 atom stereocenters. The van der Waals surface area contributed by atoms with Gasteiger partial charge in [-0.25, -0.2) is 0 Å². The van der Waals surface area contributed by atoms with Gasteiger partial charge in [-0.1, -0.05) is 24.6 Å². The van der Waals surface area contributed by atoms with E-state index in [4.69, 9.17) is 0 Å². The van der Waals surface area contributed by atoms with Crippen LogP contribution in [0.3, 0.4) is 0 Å². The molecule has 5 rings (SSSR count). The molecule has 0 N–H and O–H groups in total. The number of likely N-dealkylation sites (tertiary alicyclic amines) is 1. The third kappa shape index (κ3) is 3.95. The first-order valence-corrected chi connectivity index (χ1v) is 11.3. The first kappa shape index (κ1) is 18.8. The van der Waals surface area contributed by atoms with Crippen molar-refractivity contribution in [1.29, 1.82) is 0 Å². The number of para-hydroxylation sites is 1. The van der Waals surface area contributed by atoms with Gasteiger partial charge < -0.3 is 14.4 Å². The van der Waals surface area contributed by atoms with Crippen LogP contribution < -0.4 is 4.90 Å². The summed E-state index contributed by atoms with van der Waals surface area (Å²) >= 11 is 0. The zero-order chi connectivity index (χ0) is 19.6. The third-order valence-electron chi connectivity index (χ3n) is 6.88. The summed E-state index contributed by atoms with van der Waals surface area (Å²) in [7, 11) is 0. The van der Waals surface area contributed by atoms with Gasteiger partial charge in [0.2, 0.25) is 5.91 Å². The molecule has 0 bridgehead atoms. The largest absolute Gasteiger partial charge is 0.315 e. The molecule has 154 valence electrons. The Labute approximate surface area is 172 Å². The molecule has 1 amide bonds. The van der Waals surface area contributed by atoms with Crippen LogP contribution in [0, 0.1) is 5.92 Å². The number of fused-ring (bicyclic) bond motifs is 1. The Morgan fingerprint density at radius 3 is 2.62 bits per heavy atom. The highest BCUT2D eigenvalue weighted by atomic mass is 16.2. The molecule has 3 aliphatic heterocycles. The van der Waals surface area contributed by atoms with Crippen LogP contribution in [-0.2, 0) is 17.8 Å². The minimum absolute atomic E-state index is 0.266. The Balaban J connectivity index is 1.16. The van der Waals surface area contributed by atoms with Gasteiger partial charge in [-0.3, -0.25) is 4.79 Å². The fourth-order valence-electron chi connectivity index (χ4n) is 5.31. The number of aryl methyl sites for hydroxylation is 1. The molecule has 6 heteroatoms. The Kier molecular flexibility index (Phi) is 5.36. The van der Waals surface area contributed by atoms with Crippen LogP contribution >= 0.6 is 0 Å². The van der Waals surface area contributed by atoms with Gasteiger partial charge in [-0.15, -0.1) is 10.2 Å². The number of hydrogen-bond donors (Lipinski definition) is 0. The average molecular weight is 394 g/mol. The first-order valence-electron chi connectivity index (χ1n) is 11.3. The molecule has 0 saturated carbocycles. The number of benzene rings is 1. The molecule has 4 heterocycles. The van der Waals surface area contributed by atoms with Gasteiger partial charge in [0.15, 0.2) is 0 Å². The van der Waals surface area contributed by atoms with Crippen molar-refractivity contribution in [3.8, 4) is 0 Å². The van der Waals surface area contributed by atoms with Crippen molar-refractivity contribution in [2.75, 3.05) is 31.1 Å². The van der Waals surface area contributed by atoms with Crippen molar-refractivity contribution in [3.05, 3.63) is 42.0 Å². The minimum atomic E-state index is 0.266. The van der Waals surface area contributed by atoms with E-state index < -0.39 is 0 Å². The van der Waals surface area contributed by atoms with E-state index in [2.05, 4.69) is 19.7 Å². The van der Waals surface area contributed by atoms with Crippen LogP contribution in [0.4, 0.5) is 5.69 Å². The third-order valence-corrected chi connectivity index (χ3v) is 6.88. The monoisotopic (exact) mass is 393 g/mol. The predicted octanol–water partition coefficient (Wildman–Crippen LogP) is 3.24. The molecular weight excluding hydrogens is 362 g/mol. The molecule has 0 aliphatic carbocycles. The molecule has 2 fully saturated rings. The summed E-state index contributed by atoms with van der Waals surface area (Å²) in [5.74, 6) is 3.67. The Morgan fingerprint density at radius 2 is 1.79 bits per heavy atom. The molecule has 1 aromatic heterocycles. The van der Waals surface area contributed by atoms with Gasteiger partial charge in [-0.2, -0.15) is 0 Å². The van der Waals surface area contributed by atoms with Crippen LogP contribution in [0.5, 0.6) is 0 Å². The van der Waals surface area contributed by atoms with Gasteiger partial charge >= 0.3 is 0 Å². The lowest BCUT2D eigenvalue weighted by Gasteiger charge is -2.33. The molecule has 2 saturated heterocycles. The summed E-state index contributed by atoms with van der Waals surface area (Å²) in [5.41, 5.74) is 1.03. The van der Waals surface area contributed by atoms with Crippen molar-refractivity contribution < 1.29 is 4.79 Å². The van der Waals surface area contributed by atoms with Crippen LogP contribution in [0.2, 0.25) is 0 Å². The SMILES string of the molecule is O=C1C[C@H](CN2CCC(c3nnc4n3CCCCC4)CC2)CN1c1ccccc1. The molecule has 29 heavy (non-hydrogen) atoms. The first-order chi connectivity index (χ1) is 14.3. The summed E-state index contributed by atoms with van der Waals surface area (Å²) in [4.78, 5) is 17.0. The van der Waals surface area contributed by atoms with E-state index >= 15 is 0 Å². The Hall–Kier alpha value is -2.21. The lowest BCUT2D eigenvalue weighted by atomic mass is 9.94. The maximum absolute atomic E-state index is 12.5. The number of carbonyl (C=O) groups excluding carboxylic acids is 1. The highest BCUT2D eigenvalue weighted by Crippen LogP contribution is 2.31. The topological polar surface area (TPSA) is 54.3 Å². The lowest BCUT2D eigenvalue weighted by molar-refractivity contribution is -0.117. The van der Waals surface area contributed by atoms with E-state index in [9.17, 15) is 4.79 Å². The predicted molar refractivity (Wildman–Crippen MR) is 113 cm³/mol. The van der Waals surface area contributed by atoms with Crippen molar-refractivity contribution in [2.24, 2.45) is 5.92 Å². The average Bonchev–Trinajstić information content (AvgIpc) is 3.24. The molecule has 0 radical (unpaired) electrons. The second-order valence-corrected chi connectivity index (χ2v) is 8.92. The standard InChI is InChI=1S/C23H31N5O/c29-22-15-18(17-28(22)20-7-3-1-4-8-20)16-26-13-10-19(11-14-26)23-25-24-21-9-5-2-6-12-27(21)23/h1,3-4,7-8,18-19H,2,5-6,9-17H2/t18-/m1/s1. The van der Waals surface area contributed by atoms with Crippen LogP contribution in [-0.4, -0.2) is 51.8 Å². The molecule has 0 unspecified atom stereocenters. The number of carbonyl (C=O) groups is 1. The summed E-state index contributed by atoms with van der Waals surface area (Å²) in [6.45, 7) is 5.17. The molecule has 6 nitrogen and oxygen atoms in total. The number of amides is 1. The zero-order valence-electron chi connectivity index (χ0n) is 17.2. The second-order valence-electron chi connectivity index (χ2n) is 8.92. The van der Waals surface area contributed by atoms with E-state index in [1.54, 1.807) is 0 Å². The van der Waals surface area contributed by atoms with Gasteiger partial charge in [0, 0.05) is 44.1 Å². The Bertz CT molecular complexity index is 840. The van der Waals surface area contributed by atoms with E-state index in [0.29, 0.717) is 18.3 Å². The van der Waals surface area contributed by atoms with Crippen molar-refractivity contribution in [3.63, 3.8) is 0 Å². The lowest BCUT2D eigenvalue weighted by Crippen LogP contribution is -2.37. The molecule has 0 spiro atoms. The highest BCUT2D eigenvalue weighted by Gasteiger charge is 2.33.